The van der Waals surface area contributed by atoms with E-state index < -0.39 is 0 Å². The fourth-order valence-corrected chi connectivity index (χ4v) is 2.00. The van der Waals surface area contributed by atoms with Crippen LogP contribution in [-0.4, -0.2) is 23.5 Å². The van der Waals surface area contributed by atoms with Gasteiger partial charge in [-0.05, 0) is 34.7 Å². The molecule has 3 amide bonds. The lowest BCUT2D eigenvalue weighted by molar-refractivity contribution is -0.120. The third-order valence-corrected chi connectivity index (χ3v) is 2.92. The van der Waals surface area contributed by atoms with Crippen molar-refractivity contribution in [2.45, 2.75) is 6.42 Å². The monoisotopic (exact) mass is 317 g/mol. The molecule has 0 aromatic carbocycles. The van der Waals surface area contributed by atoms with E-state index in [1.165, 1.54) is 4.90 Å². The number of rotatable bonds is 1. The molecule has 78 valence electrons. The molecule has 1 aromatic heterocycles. The number of aromatic nitrogens is 1. The average Bonchev–Trinajstić information content (AvgIpc) is 2.20. The van der Waals surface area contributed by atoms with Gasteiger partial charge < -0.3 is 0 Å². The minimum absolute atomic E-state index is 0.227. The highest BCUT2D eigenvalue weighted by molar-refractivity contribution is 14.1. The molecule has 0 unspecified atom stereocenters. The second-order valence-corrected chi connectivity index (χ2v) is 4.09. The van der Waals surface area contributed by atoms with Crippen LogP contribution in [-0.2, 0) is 4.79 Å². The van der Waals surface area contributed by atoms with Crippen molar-refractivity contribution in [3.8, 4) is 0 Å². The lowest BCUT2D eigenvalue weighted by Crippen LogP contribution is -2.49. The van der Waals surface area contributed by atoms with Crippen LogP contribution in [0.5, 0.6) is 0 Å². The third-order valence-electron chi connectivity index (χ3n) is 2.08. The zero-order valence-corrected chi connectivity index (χ0v) is 9.89. The van der Waals surface area contributed by atoms with E-state index >= 15 is 0 Å². The Morgan fingerprint density at radius 3 is 2.93 bits per heavy atom. The molecule has 1 aliphatic rings. The van der Waals surface area contributed by atoms with Gasteiger partial charge in [0, 0.05) is 19.2 Å². The number of halogens is 1. The molecule has 0 radical (unpaired) electrons. The van der Waals surface area contributed by atoms with E-state index in [9.17, 15) is 9.59 Å². The smallest absolute Gasteiger partial charge is 0.291 e. The predicted molar refractivity (Wildman–Crippen MR) is 62.5 cm³/mol. The van der Waals surface area contributed by atoms with E-state index in [1.807, 2.05) is 6.07 Å². The van der Waals surface area contributed by atoms with Gasteiger partial charge in [0.15, 0.2) is 0 Å². The van der Waals surface area contributed by atoms with Crippen LogP contribution in [0, 0.1) is 3.70 Å². The summed E-state index contributed by atoms with van der Waals surface area (Å²) in [6.07, 6.45) is 2.00. The van der Waals surface area contributed by atoms with Gasteiger partial charge in [-0.25, -0.2) is 9.78 Å². The molecule has 1 aromatic rings. The van der Waals surface area contributed by atoms with Gasteiger partial charge in [0.25, 0.3) is 0 Å². The topological polar surface area (TPSA) is 62.3 Å². The largest absolute Gasteiger partial charge is 0.328 e. The molecule has 1 fully saturated rings. The highest BCUT2D eigenvalue weighted by Crippen LogP contribution is 2.21. The molecule has 1 aliphatic heterocycles. The average molecular weight is 317 g/mol. The van der Waals surface area contributed by atoms with E-state index in [-0.39, 0.29) is 11.9 Å². The van der Waals surface area contributed by atoms with Crippen molar-refractivity contribution in [3.05, 3.63) is 22.0 Å². The molecule has 0 aliphatic carbocycles. The maximum atomic E-state index is 11.5. The number of pyridine rings is 1. The van der Waals surface area contributed by atoms with Gasteiger partial charge in [-0.2, -0.15) is 0 Å². The second-order valence-electron chi connectivity index (χ2n) is 3.07. The van der Waals surface area contributed by atoms with E-state index in [4.69, 9.17) is 0 Å². The Hall–Kier alpha value is -1.18. The number of amides is 3. The fraction of sp³-hybridized carbons (Fsp3) is 0.222. The van der Waals surface area contributed by atoms with Crippen LogP contribution in [0.15, 0.2) is 18.3 Å². The van der Waals surface area contributed by atoms with Gasteiger partial charge >= 0.3 is 6.03 Å². The number of nitrogens with one attached hydrogen (secondary N) is 1. The first-order valence-electron chi connectivity index (χ1n) is 4.40. The molecule has 5 nitrogen and oxygen atoms in total. The normalized spacial score (nSPS) is 16.5. The molecule has 0 saturated carbocycles. The van der Waals surface area contributed by atoms with Crippen molar-refractivity contribution in [3.63, 3.8) is 0 Å². The third kappa shape index (κ3) is 2.09. The summed E-state index contributed by atoms with van der Waals surface area (Å²) in [5.41, 5.74) is 0.739. The Bertz CT molecular complexity index is 422. The van der Waals surface area contributed by atoms with Crippen LogP contribution in [0.4, 0.5) is 10.5 Å². The highest BCUT2D eigenvalue weighted by Gasteiger charge is 2.25. The van der Waals surface area contributed by atoms with Crippen molar-refractivity contribution in [2.24, 2.45) is 0 Å². The molecule has 2 heterocycles. The van der Waals surface area contributed by atoms with Crippen LogP contribution >= 0.6 is 22.6 Å². The Morgan fingerprint density at radius 2 is 2.27 bits per heavy atom. The van der Waals surface area contributed by atoms with Crippen LogP contribution in [0.1, 0.15) is 6.42 Å². The van der Waals surface area contributed by atoms with Crippen LogP contribution in [0.2, 0.25) is 0 Å². The summed E-state index contributed by atoms with van der Waals surface area (Å²) in [7, 11) is 0. The summed E-state index contributed by atoms with van der Waals surface area (Å²) in [4.78, 5) is 28.1. The van der Waals surface area contributed by atoms with Gasteiger partial charge in [0.1, 0.15) is 3.70 Å². The highest BCUT2D eigenvalue weighted by atomic mass is 127. The number of urea groups is 1. The van der Waals surface area contributed by atoms with Gasteiger partial charge in [0.05, 0.1) is 5.69 Å². The SMILES string of the molecule is O=C1CCN(c2cccnc2I)C(=O)N1. The maximum absolute atomic E-state index is 11.5. The molecular formula is C9H8IN3O2. The molecule has 2 rings (SSSR count). The molecule has 1 saturated heterocycles. The number of carbonyl (C=O) groups excluding carboxylic acids is 2. The summed E-state index contributed by atoms with van der Waals surface area (Å²) in [6.45, 7) is 0.409. The van der Waals surface area contributed by atoms with Gasteiger partial charge in [-0.1, -0.05) is 0 Å². The summed E-state index contributed by atoms with van der Waals surface area (Å²) in [5, 5.41) is 2.27. The summed E-state index contributed by atoms with van der Waals surface area (Å²) >= 11 is 2.06. The molecule has 0 spiro atoms. The summed E-state index contributed by atoms with van der Waals surface area (Å²) in [6, 6.07) is 3.20. The maximum Gasteiger partial charge on any atom is 0.328 e. The fourth-order valence-electron chi connectivity index (χ4n) is 1.37. The van der Waals surface area contributed by atoms with E-state index in [0.29, 0.717) is 13.0 Å². The number of nitrogens with zero attached hydrogens (tertiary/aromatic N) is 2. The molecular weight excluding hydrogens is 309 g/mol. The first kappa shape index (κ1) is 10.3. The second kappa shape index (κ2) is 4.13. The summed E-state index contributed by atoms with van der Waals surface area (Å²) in [5.74, 6) is -0.227. The minimum Gasteiger partial charge on any atom is -0.291 e. The van der Waals surface area contributed by atoms with Gasteiger partial charge in [0.2, 0.25) is 5.91 Å². The van der Waals surface area contributed by atoms with Crippen molar-refractivity contribution in [1.82, 2.24) is 10.3 Å². The van der Waals surface area contributed by atoms with Gasteiger partial charge in [-0.15, -0.1) is 0 Å². The Labute approximate surface area is 100.0 Å². The molecule has 0 bridgehead atoms. The Kier molecular flexibility index (Phi) is 2.85. The van der Waals surface area contributed by atoms with E-state index in [2.05, 4.69) is 32.9 Å². The lowest BCUT2D eigenvalue weighted by Gasteiger charge is -2.26. The van der Waals surface area contributed by atoms with Gasteiger partial charge in [-0.3, -0.25) is 15.0 Å². The number of imide groups is 1. The van der Waals surface area contributed by atoms with Crippen molar-refractivity contribution in [1.29, 1.82) is 0 Å². The van der Waals surface area contributed by atoms with Crippen molar-refractivity contribution in [2.75, 3.05) is 11.4 Å². The van der Waals surface area contributed by atoms with Crippen LogP contribution < -0.4 is 10.2 Å². The number of hydrogen-bond donors (Lipinski definition) is 1. The molecule has 0 atom stereocenters. The van der Waals surface area contributed by atoms with Crippen molar-refractivity contribution >= 4 is 40.2 Å². The van der Waals surface area contributed by atoms with E-state index in [1.54, 1.807) is 12.3 Å². The first-order valence-corrected chi connectivity index (χ1v) is 5.48. The Morgan fingerprint density at radius 1 is 1.47 bits per heavy atom. The Balaban J connectivity index is 2.28. The number of anilines is 1. The standard InChI is InChI=1S/C9H8IN3O2/c10-8-6(2-1-4-11-8)13-5-3-7(14)12-9(13)15/h1-2,4H,3,5H2,(H,12,14,15). The number of hydrogen-bond acceptors (Lipinski definition) is 3. The summed E-state index contributed by atoms with van der Waals surface area (Å²) < 4.78 is 0.750. The zero-order valence-electron chi connectivity index (χ0n) is 7.74. The lowest BCUT2D eigenvalue weighted by atomic mass is 10.3. The van der Waals surface area contributed by atoms with Crippen LogP contribution in [0.3, 0.4) is 0 Å². The zero-order chi connectivity index (χ0) is 10.8. The quantitative estimate of drug-likeness (QED) is 0.624. The van der Waals surface area contributed by atoms with E-state index in [0.717, 1.165) is 9.39 Å². The molecule has 6 heteroatoms. The van der Waals surface area contributed by atoms with Crippen molar-refractivity contribution < 1.29 is 9.59 Å². The molecule has 1 N–H and O–H groups in total. The molecule has 15 heavy (non-hydrogen) atoms. The minimum atomic E-state index is -0.378. The van der Waals surface area contributed by atoms with Crippen LogP contribution in [0.25, 0.3) is 0 Å². The first-order chi connectivity index (χ1) is 7.18. The predicted octanol–water partition coefficient (Wildman–Crippen LogP) is 1.13. The number of carbonyl (C=O) groups is 2.